The van der Waals surface area contributed by atoms with Gasteiger partial charge in [0.05, 0.1) is 39.4 Å². The van der Waals surface area contributed by atoms with Crippen molar-refractivity contribution in [2.45, 2.75) is 57.8 Å². The molecule has 0 aliphatic heterocycles. The Morgan fingerprint density at radius 3 is 1.92 bits per heavy atom. The van der Waals surface area contributed by atoms with E-state index in [9.17, 15) is 22.8 Å². The van der Waals surface area contributed by atoms with Gasteiger partial charge in [-0.15, -0.1) is 0 Å². The quantitative estimate of drug-likeness (QED) is 0.339. The molecule has 0 aromatic carbocycles. The molecule has 0 radical (unpaired) electrons. The summed E-state index contributed by atoms with van der Waals surface area (Å²) in [6.07, 6.45) is -1.91. The minimum Gasteiger partial charge on any atom is -0.469 e. The summed E-state index contributed by atoms with van der Waals surface area (Å²) in [6.45, 7) is 4.98. The zero-order valence-corrected chi connectivity index (χ0v) is 16.7. The predicted molar refractivity (Wildman–Crippen MR) is 90.8 cm³/mol. The van der Waals surface area contributed by atoms with Gasteiger partial charge in [0.25, 0.3) is 10.1 Å². The number of carbonyl (C=O) groups excluding carboxylic acids is 3. The second kappa shape index (κ2) is 10.3. The van der Waals surface area contributed by atoms with Crippen LogP contribution in [0, 0.1) is 0 Å². The van der Waals surface area contributed by atoms with Crippen LogP contribution in [0.25, 0.3) is 0 Å². The number of ether oxygens (including phenoxy) is 3. The lowest BCUT2D eigenvalue weighted by molar-refractivity contribution is -0.142. The largest absolute Gasteiger partial charge is 0.469 e. The van der Waals surface area contributed by atoms with Gasteiger partial charge >= 0.3 is 18.0 Å². The molecule has 0 aliphatic rings. The number of amides is 1. The van der Waals surface area contributed by atoms with Crippen molar-refractivity contribution in [2.75, 3.05) is 20.5 Å². The van der Waals surface area contributed by atoms with Crippen molar-refractivity contribution in [3.05, 3.63) is 0 Å². The van der Waals surface area contributed by atoms with Crippen molar-refractivity contribution < 1.29 is 41.2 Å². The molecule has 1 amide bonds. The third-order valence-corrected chi connectivity index (χ3v) is 3.46. The highest BCUT2D eigenvalue weighted by Gasteiger charge is 2.28. The maximum atomic E-state index is 11.9. The van der Waals surface area contributed by atoms with Crippen molar-refractivity contribution in [1.82, 2.24) is 5.32 Å². The Kier molecular flexibility index (Phi) is 9.57. The van der Waals surface area contributed by atoms with E-state index in [0.29, 0.717) is 0 Å². The Morgan fingerprint density at radius 2 is 1.50 bits per heavy atom. The van der Waals surface area contributed by atoms with Gasteiger partial charge in [0.15, 0.2) is 0 Å². The van der Waals surface area contributed by atoms with Gasteiger partial charge in [0.1, 0.15) is 5.60 Å². The molecule has 0 saturated carbocycles. The van der Waals surface area contributed by atoms with Crippen LogP contribution in [0.5, 0.6) is 0 Å². The molecule has 0 aromatic rings. The molecule has 2 atom stereocenters. The Labute approximate surface area is 153 Å². The van der Waals surface area contributed by atoms with Gasteiger partial charge < -0.3 is 19.5 Å². The summed E-state index contributed by atoms with van der Waals surface area (Å²) in [5.41, 5.74) is -0.769. The topological polar surface area (TPSA) is 134 Å². The van der Waals surface area contributed by atoms with E-state index in [1.54, 1.807) is 20.8 Å². The molecule has 1 N–H and O–H groups in total. The fraction of sp³-hybridized carbons (Fsp3) is 0.800. The standard InChI is InChI=1S/C15H27NO9S/c1-15(2,3)24-14(19)16-10(8-12(17)22-4)7-11(9-13(18)23-5)25-26(6,20)21/h10-11H,7-9H2,1-6H3,(H,16,19). The van der Waals surface area contributed by atoms with E-state index >= 15 is 0 Å². The number of methoxy groups -OCH3 is 2. The summed E-state index contributed by atoms with van der Waals surface area (Å²) in [6, 6.07) is -0.881. The molecule has 11 heteroatoms. The van der Waals surface area contributed by atoms with Crippen molar-refractivity contribution in [3.63, 3.8) is 0 Å². The lowest BCUT2D eigenvalue weighted by atomic mass is 10.0. The van der Waals surface area contributed by atoms with Gasteiger partial charge in [-0.2, -0.15) is 8.42 Å². The molecular weight excluding hydrogens is 370 g/mol. The lowest BCUT2D eigenvalue weighted by Crippen LogP contribution is -2.42. The number of hydrogen-bond donors (Lipinski definition) is 1. The van der Waals surface area contributed by atoms with Gasteiger partial charge in [-0.05, 0) is 27.2 Å². The molecule has 0 bridgehead atoms. The minimum absolute atomic E-state index is 0.156. The number of carbonyl (C=O) groups is 3. The maximum Gasteiger partial charge on any atom is 0.407 e. The average molecular weight is 397 g/mol. The number of alkyl carbamates (subject to hydrolysis) is 1. The highest BCUT2D eigenvalue weighted by atomic mass is 32.2. The Bertz CT molecular complexity index is 595. The first-order chi connectivity index (χ1) is 11.8. The molecule has 0 aliphatic carbocycles. The van der Waals surface area contributed by atoms with Crippen molar-refractivity contribution in [2.24, 2.45) is 0 Å². The number of nitrogens with one attached hydrogen (secondary N) is 1. The highest BCUT2D eigenvalue weighted by molar-refractivity contribution is 7.86. The molecule has 0 saturated heterocycles. The Hall–Kier alpha value is -1.88. The van der Waals surface area contributed by atoms with Crippen LogP contribution < -0.4 is 5.32 Å². The van der Waals surface area contributed by atoms with Gasteiger partial charge in [-0.1, -0.05) is 0 Å². The molecule has 26 heavy (non-hydrogen) atoms. The van der Waals surface area contributed by atoms with Crippen LogP contribution in [-0.2, 0) is 38.1 Å². The highest BCUT2D eigenvalue weighted by Crippen LogP contribution is 2.15. The first-order valence-electron chi connectivity index (χ1n) is 7.77. The molecule has 10 nitrogen and oxygen atoms in total. The van der Waals surface area contributed by atoms with Crippen LogP contribution in [-0.4, -0.2) is 64.7 Å². The molecule has 2 unspecified atom stereocenters. The summed E-state index contributed by atoms with van der Waals surface area (Å²) < 4.78 is 41.9. The molecule has 0 spiro atoms. The minimum atomic E-state index is -3.88. The molecule has 0 fully saturated rings. The van der Waals surface area contributed by atoms with Crippen LogP contribution >= 0.6 is 0 Å². The Balaban J connectivity index is 5.24. The summed E-state index contributed by atoms with van der Waals surface area (Å²) in [4.78, 5) is 35.0. The summed E-state index contributed by atoms with van der Waals surface area (Å²) in [5, 5.41) is 2.46. The van der Waals surface area contributed by atoms with Crippen LogP contribution in [0.2, 0.25) is 0 Å². The Morgan fingerprint density at radius 1 is 1.00 bits per heavy atom. The molecule has 152 valence electrons. The SMILES string of the molecule is COC(=O)CC(CC(CC(=O)OC)OS(C)(=O)=O)NC(=O)OC(C)(C)C. The van der Waals surface area contributed by atoms with E-state index in [1.807, 2.05) is 0 Å². The second-order valence-electron chi connectivity index (χ2n) is 6.56. The summed E-state index contributed by atoms with van der Waals surface area (Å²) >= 11 is 0. The lowest BCUT2D eigenvalue weighted by Gasteiger charge is -2.25. The first-order valence-corrected chi connectivity index (χ1v) is 9.58. The monoisotopic (exact) mass is 397 g/mol. The molecule has 0 aromatic heterocycles. The van der Waals surface area contributed by atoms with E-state index < -0.39 is 45.9 Å². The fourth-order valence-electron chi connectivity index (χ4n) is 1.94. The van der Waals surface area contributed by atoms with Crippen molar-refractivity contribution in [1.29, 1.82) is 0 Å². The number of rotatable bonds is 9. The first kappa shape index (κ1) is 24.1. The van der Waals surface area contributed by atoms with Gasteiger partial charge in [-0.25, -0.2) is 4.79 Å². The van der Waals surface area contributed by atoms with Crippen LogP contribution in [0.4, 0.5) is 4.79 Å². The van der Waals surface area contributed by atoms with Crippen molar-refractivity contribution >= 4 is 28.1 Å². The third kappa shape index (κ3) is 12.5. The van der Waals surface area contributed by atoms with Gasteiger partial charge in [0.2, 0.25) is 0 Å². The van der Waals surface area contributed by atoms with E-state index in [-0.39, 0.29) is 19.3 Å². The van der Waals surface area contributed by atoms with Gasteiger partial charge in [0, 0.05) is 6.04 Å². The van der Waals surface area contributed by atoms with Crippen LogP contribution in [0.15, 0.2) is 0 Å². The molecule has 0 heterocycles. The smallest absolute Gasteiger partial charge is 0.407 e. The average Bonchev–Trinajstić information content (AvgIpc) is 2.42. The van der Waals surface area contributed by atoms with E-state index in [2.05, 4.69) is 14.8 Å². The fourth-order valence-corrected chi connectivity index (χ4v) is 2.58. The molecule has 0 rings (SSSR count). The van der Waals surface area contributed by atoms with E-state index in [4.69, 9.17) is 8.92 Å². The van der Waals surface area contributed by atoms with Crippen LogP contribution in [0.1, 0.15) is 40.0 Å². The number of hydrogen-bond acceptors (Lipinski definition) is 9. The van der Waals surface area contributed by atoms with Crippen LogP contribution in [0.3, 0.4) is 0 Å². The normalized spacial score (nSPS) is 14.1. The zero-order valence-electron chi connectivity index (χ0n) is 15.9. The number of esters is 2. The summed E-state index contributed by atoms with van der Waals surface area (Å²) in [5.74, 6) is -1.34. The zero-order chi connectivity index (χ0) is 20.5. The maximum absolute atomic E-state index is 11.9. The van der Waals surface area contributed by atoms with Gasteiger partial charge in [-0.3, -0.25) is 13.8 Å². The van der Waals surface area contributed by atoms with E-state index in [0.717, 1.165) is 13.4 Å². The third-order valence-electron chi connectivity index (χ3n) is 2.84. The predicted octanol–water partition coefficient (Wildman–Crippen LogP) is 0.741. The van der Waals surface area contributed by atoms with Crippen molar-refractivity contribution in [3.8, 4) is 0 Å². The van der Waals surface area contributed by atoms with E-state index in [1.165, 1.54) is 7.11 Å². The summed E-state index contributed by atoms with van der Waals surface area (Å²) in [7, 11) is -1.57. The molecular formula is C15H27NO9S. The second-order valence-corrected chi connectivity index (χ2v) is 8.16.